The van der Waals surface area contributed by atoms with Gasteiger partial charge in [-0.2, -0.15) is 4.31 Å². The summed E-state index contributed by atoms with van der Waals surface area (Å²) in [5.74, 6) is 0.832. The van der Waals surface area contributed by atoms with E-state index in [0.29, 0.717) is 39.0 Å². The van der Waals surface area contributed by atoms with Crippen LogP contribution in [0.3, 0.4) is 0 Å². The van der Waals surface area contributed by atoms with E-state index in [4.69, 9.17) is 4.74 Å². The fourth-order valence-corrected chi connectivity index (χ4v) is 5.85. The van der Waals surface area contributed by atoms with Crippen LogP contribution in [0.4, 0.5) is 5.69 Å². The summed E-state index contributed by atoms with van der Waals surface area (Å²) in [6.45, 7) is 7.52. The maximum absolute atomic E-state index is 13.1. The number of methoxy groups -OCH3 is 1. The molecule has 3 heterocycles. The number of hydrogen-bond donors (Lipinski definition) is 0. The molecule has 2 aromatic rings. The first-order valence-electron chi connectivity index (χ1n) is 11.5. The van der Waals surface area contributed by atoms with E-state index >= 15 is 0 Å². The third kappa shape index (κ3) is 5.01. The first-order valence-corrected chi connectivity index (χ1v) is 12.9. The Morgan fingerprint density at radius 1 is 1.09 bits per heavy atom. The second-order valence-corrected chi connectivity index (χ2v) is 10.8. The molecule has 0 saturated carbocycles. The van der Waals surface area contributed by atoms with Crippen LogP contribution >= 0.6 is 0 Å². The highest BCUT2D eigenvalue weighted by Crippen LogP contribution is 2.27. The lowest BCUT2D eigenvalue weighted by atomic mass is 9.96. The topological polar surface area (TPSA) is 88.0 Å². The highest BCUT2D eigenvalue weighted by Gasteiger charge is 2.35. The molecule has 9 nitrogen and oxygen atoms in total. The minimum atomic E-state index is -3.63. The van der Waals surface area contributed by atoms with E-state index in [0.717, 1.165) is 24.5 Å². The summed E-state index contributed by atoms with van der Waals surface area (Å²) in [5.41, 5.74) is 1.10. The van der Waals surface area contributed by atoms with E-state index in [2.05, 4.69) is 16.0 Å². The molecule has 10 heteroatoms. The minimum Gasteiger partial charge on any atom is -0.497 e. The van der Waals surface area contributed by atoms with Gasteiger partial charge in [0.15, 0.2) is 5.03 Å². The lowest BCUT2D eigenvalue weighted by molar-refractivity contribution is -0.137. The lowest BCUT2D eigenvalue weighted by Gasteiger charge is -2.39. The van der Waals surface area contributed by atoms with E-state index in [1.807, 2.05) is 36.9 Å². The third-order valence-corrected chi connectivity index (χ3v) is 8.38. The molecule has 1 aromatic carbocycles. The van der Waals surface area contributed by atoms with Gasteiger partial charge in [-0.05, 0) is 38.8 Å². The number of imidazole rings is 1. The number of carbonyl (C=O) groups is 1. The smallest absolute Gasteiger partial charge is 0.262 e. The summed E-state index contributed by atoms with van der Waals surface area (Å²) in [6.07, 6.45) is 4.22. The first-order chi connectivity index (χ1) is 15.8. The average Bonchev–Trinajstić information content (AvgIpc) is 3.36. The number of sulfonamides is 1. The Hall–Kier alpha value is -2.59. The molecule has 0 spiro atoms. The van der Waals surface area contributed by atoms with E-state index < -0.39 is 10.0 Å². The molecule has 33 heavy (non-hydrogen) atoms. The number of piperazine rings is 1. The van der Waals surface area contributed by atoms with Crippen molar-refractivity contribution < 1.29 is 17.9 Å². The van der Waals surface area contributed by atoms with Crippen LogP contribution in [0.15, 0.2) is 41.8 Å². The SMILES string of the molecule is COc1cccc(N2CCN(C(=O)C3CCN(S(=O)(=O)c4cn(C(C)C)cn4)CC3)CC2)c1. The van der Waals surface area contributed by atoms with Crippen molar-refractivity contribution in [1.29, 1.82) is 0 Å². The van der Waals surface area contributed by atoms with Crippen LogP contribution in [0.5, 0.6) is 5.75 Å². The third-order valence-electron chi connectivity index (χ3n) is 6.59. The Bertz CT molecular complexity index is 1070. The van der Waals surface area contributed by atoms with Gasteiger partial charge in [-0.25, -0.2) is 13.4 Å². The summed E-state index contributed by atoms with van der Waals surface area (Å²) in [6, 6.07) is 8.11. The van der Waals surface area contributed by atoms with Crippen molar-refractivity contribution in [2.24, 2.45) is 5.92 Å². The van der Waals surface area contributed by atoms with Crippen LogP contribution in [0.25, 0.3) is 0 Å². The summed E-state index contributed by atoms with van der Waals surface area (Å²) >= 11 is 0. The number of aromatic nitrogens is 2. The number of carbonyl (C=O) groups excluding carboxylic acids is 1. The van der Waals surface area contributed by atoms with Crippen LogP contribution < -0.4 is 9.64 Å². The van der Waals surface area contributed by atoms with E-state index in [1.54, 1.807) is 24.2 Å². The molecule has 2 fully saturated rings. The summed E-state index contributed by atoms with van der Waals surface area (Å²) < 4.78 is 34.5. The van der Waals surface area contributed by atoms with Crippen molar-refractivity contribution in [1.82, 2.24) is 18.8 Å². The van der Waals surface area contributed by atoms with Crippen molar-refractivity contribution in [3.05, 3.63) is 36.8 Å². The molecular formula is C23H33N5O4S. The Kier molecular flexibility index (Phi) is 6.94. The number of amides is 1. The maximum atomic E-state index is 13.1. The normalized spacial score (nSPS) is 18.7. The number of ether oxygens (including phenoxy) is 1. The number of anilines is 1. The van der Waals surface area contributed by atoms with Crippen molar-refractivity contribution in [2.75, 3.05) is 51.3 Å². The molecule has 2 aliphatic heterocycles. The summed E-state index contributed by atoms with van der Waals surface area (Å²) in [7, 11) is -1.98. The van der Waals surface area contributed by atoms with Gasteiger partial charge in [-0.1, -0.05) is 6.07 Å². The van der Waals surface area contributed by atoms with Gasteiger partial charge in [0, 0.05) is 69.2 Å². The maximum Gasteiger partial charge on any atom is 0.262 e. The number of nitrogens with zero attached hydrogens (tertiary/aromatic N) is 5. The van der Waals surface area contributed by atoms with Gasteiger partial charge in [0.1, 0.15) is 5.75 Å². The van der Waals surface area contributed by atoms with E-state index in [-0.39, 0.29) is 22.9 Å². The van der Waals surface area contributed by atoms with Crippen LogP contribution in [-0.2, 0) is 14.8 Å². The standard InChI is InChI=1S/C23H33N5O4S/c1-18(2)27-16-22(24-17-27)33(30,31)28-9-7-19(8-10-28)23(29)26-13-11-25(12-14-26)20-5-4-6-21(15-20)32-3/h4-6,15-19H,7-14H2,1-3H3. The summed E-state index contributed by atoms with van der Waals surface area (Å²) in [4.78, 5) is 21.4. The number of hydrogen-bond acceptors (Lipinski definition) is 6. The predicted octanol–water partition coefficient (Wildman–Crippen LogP) is 2.22. The molecule has 0 radical (unpaired) electrons. The van der Waals surface area contributed by atoms with E-state index in [9.17, 15) is 13.2 Å². The fourth-order valence-electron chi connectivity index (χ4n) is 4.46. The van der Waals surface area contributed by atoms with Gasteiger partial charge in [0.2, 0.25) is 5.91 Å². The monoisotopic (exact) mass is 475 g/mol. The van der Waals surface area contributed by atoms with Crippen LogP contribution in [-0.4, -0.2) is 79.5 Å². The first kappa shape index (κ1) is 23.6. The van der Waals surface area contributed by atoms with Gasteiger partial charge in [0.25, 0.3) is 10.0 Å². The van der Waals surface area contributed by atoms with Crippen molar-refractivity contribution in [3.63, 3.8) is 0 Å². The van der Waals surface area contributed by atoms with Crippen LogP contribution in [0.1, 0.15) is 32.7 Å². The Morgan fingerprint density at radius 2 is 1.79 bits per heavy atom. The highest BCUT2D eigenvalue weighted by molar-refractivity contribution is 7.89. The molecule has 180 valence electrons. The zero-order valence-electron chi connectivity index (χ0n) is 19.6. The lowest BCUT2D eigenvalue weighted by Crippen LogP contribution is -2.52. The molecule has 0 unspecified atom stereocenters. The Labute approximate surface area is 196 Å². The van der Waals surface area contributed by atoms with Gasteiger partial charge in [0.05, 0.1) is 13.4 Å². The molecular weight excluding hydrogens is 442 g/mol. The van der Waals surface area contributed by atoms with Gasteiger partial charge < -0.3 is 19.1 Å². The average molecular weight is 476 g/mol. The highest BCUT2D eigenvalue weighted by atomic mass is 32.2. The predicted molar refractivity (Wildman–Crippen MR) is 126 cm³/mol. The van der Waals surface area contributed by atoms with Crippen molar-refractivity contribution in [3.8, 4) is 5.75 Å². The second-order valence-electron chi connectivity index (χ2n) is 8.95. The molecule has 0 aliphatic carbocycles. The van der Waals surface area contributed by atoms with Crippen LogP contribution in [0, 0.1) is 5.92 Å². The Balaban J connectivity index is 1.30. The molecule has 0 bridgehead atoms. The number of benzene rings is 1. The minimum absolute atomic E-state index is 0.0784. The molecule has 1 aromatic heterocycles. The summed E-state index contributed by atoms with van der Waals surface area (Å²) in [5, 5.41) is 0.0784. The molecule has 2 aliphatic rings. The molecule has 4 rings (SSSR count). The van der Waals surface area contributed by atoms with Crippen molar-refractivity contribution in [2.45, 2.75) is 37.8 Å². The van der Waals surface area contributed by atoms with Crippen molar-refractivity contribution >= 4 is 21.6 Å². The molecule has 0 N–H and O–H groups in total. The largest absolute Gasteiger partial charge is 0.497 e. The van der Waals surface area contributed by atoms with Gasteiger partial charge in [-0.3, -0.25) is 4.79 Å². The van der Waals surface area contributed by atoms with Gasteiger partial charge in [-0.15, -0.1) is 0 Å². The van der Waals surface area contributed by atoms with Crippen LogP contribution in [0.2, 0.25) is 0 Å². The van der Waals surface area contributed by atoms with Gasteiger partial charge >= 0.3 is 0 Å². The Morgan fingerprint density at radius 3 is 2.39 bits per heavy atom. The van der Waals surface area contributed by atoms with E-state index in [1.165, 1.54) is 4.31 Å². The zero-order valence-corrected chi connectivity index (χ0v) is 20.4. The second kappa shape index (κ2) is 9.72. The molecule has 2 saturated heterocycles. The molecule has 1 amide bonds. The number of piperidine rings is 1. The quantitative estimate of drug-likeness (QED) is 0.637. The fraction of sp³-hybridized carbons (Fsp3) is 0.565. The zero-order chi connectivity index (χ0) is 23.6. The molecule has 0 atom stereocenters. The number of rotatable bonds is 6.